The number of nitriles is 1. The van der Waals surface area contributed by atoms with Gasteiger partial charge in [-0.1, -0.05) is 54.2 Å². The summed E-state index contributed by atoms with van der Waals surface area (Å²) in [6.45, 7) is 0.646. The molecule has 2 aromatic carbocycles. The number of nitro groups is 1. The summed E-state index contributed by atoms with van der Waals surface area (Å²) in [5, 5.41) is 20.5. The van der Waals surface area contributed by atoms with Gasteiger partial charge in [0.05, 0.1) is 21.5 Å². The fourth-order valence-electron chi connectivity index (χ4n) is 2.55. The first kappa shape index (κ1) is 16.8. The van der Waals surface area contributed by atoms with Crippen molar-refractivity contribution in [1.82, 2.24) is 4.90 Å². The smallest absolute Gasteiger partial charge is 0.283 e. The van der Waals surface area contributed by atoms with E-state index in [0.29, 0.717) is 23.4 Å². The molecule has 124 valence electrons. The lowest BCUT2D eigenvalue weighted by Crippen LogP contribution is -2.14. The molecule has 3 rings (SSSR count). The molecular formula is C19H15N3O2S. The van der Waals surface area contributed by atoms with Gasteiger partial charge < -0.3 is 4.90 Å². The van der Waals surface area contributed by atoms with Gasteiger partial charge in [-0.2, -0.15) is 5.26 Å². The van der Waals surface area contributed by atoms with Gasteiger partial charge in [0.25, 0.3) is 5.69 Å². The highest BCUT2D eigenvalue weighted by atomic mass is 32.2. The lowest BCUT2D eigenvalue weighted by molar-refractivity contribution is -0.387. The van der Waals surface area contributed by atoms with Crippen molar-refractivity contribution in [3.8, 4) is 6.07 Å². The monoisotopic (exact) mass is 349 g/mol. The molecule has 0 spiro atoms. The van der Waals surface area contributed by atoms with Gasteiger partial charge in [-0.3, -0.25) is 10.1 Å². The van der Waals surface area contributed by atoms with E-state index in [1.54, 1.807) is 18.2 Å². The summed E-state index contributed by atoms with van der Waals surface area (Å²) in [6.07, 6.45) is 4.27. The van der Waals surface area contributed by atoms with Crippen LogP contribution in [-0.4, -0.2) is 9.82 Å². The predicted octanol–water partition coefficient (Wildman–Crippen LogP) is 4.84. The standard InChI is InChI=1S/C19H15N3O2S/c20-11-16-10-17(25-19-9-5-4-8-18(19)22(23)24)14-21(13-16)12-15-6-2-1-3-7-15/h1-9,13-14H,10,12H2. The lowest BCUT2D eigenvalue weighted by atomic mass is 10.1. The third-order valence-corrected chi connectivity index (χ3v) is 4.73. The van der Waals surface area contributed by atoms with E-state index in [0.717, 1.165) is 10.5 Å². The molecule has 0 aromatic heterocycles. The van der Waals surface area contributed by atoms with Crippen LogP contribution in [0.25, 0.3) is 0 Å². The number of para-hydroxylation sites is 1. The Labute approximate surface area is 150 Å². The Balaban J connectivity index is 1.84. The second-order valence-electron chi connectivity index (χ2n) is 5.52. The Kier molecular flexibility index (Phi) is 5.17. The van der Waals surface area contributed by atoms with E-state index < -0.39 is 0 Å². The van der Waals surface area contributed by atoms with Crippen LogP contribution in [0.3, 0.4) is 0 Å². The van der Waals surface area contributed by atoms with Gasteiger partial charge in [0, 0.05) is 36.3 Å². The molecule has 1 aliphatic rings. The summed E-state index contributed by atoms with van der Waals surface area (Å²) < 4.78 is 0. The fourth-order valence-corrected chi connectivity index (χ4v) is 3.65. The largest absolute Gasteiger partial charge is 0.348 e. The summed E-state index contributed by atoms with van der Waals surface area (Å²) in [4.78, 5) is 14.2. The fraction of sp³-hybridized carbons (Fsp3) is 0.105. The van der Waals surface area contributed by atoms with Gasteiger partial charge in [0.2, 0.25) is 0 Å². The minimum absolute atomic E-state index is 0.0797. The van der Waals surface area contributed by atoms with Crippen LogP contribution in [0.5, 0.6) is 0 Å². The molecule has 0 saturated carbocycles. The van der Waals surface area contributed by atoms with Crippen molar-refractivity contribution in [2.75, 3.05) is 0 Å². The second kappa shape index (κ2) is 7.69. The Morgan fingerprint density at radius 1 is 1.12 bits per heavy atom. The number of thioether (sulfide) groups is 1. The minimum Gasteiger partial charge on any atom is -0.348 e. The summed E-state index contributed by atoms with van der Waals surface area (Å²) in [5.41, 5.74) is 1.85. The van der Waals surface area contributed by atoms with Crippen molar-refractivity contribution < 1.29 is 4.92 Å². The normalized spacial score (nSPS) is 13.6. The summed E-state index contributed by atoms with van der Waals surface area (Å²) in [5.74, 6) is 0. The molecule has 0 saturated heterocycles. The average Bonchev–Trinajstić information content (AvgIpc) is 2.62. The minimum atomic E-state index is -0.380. The van der Waals surface area contributed by atoms with Crippen molar-refractivity contribution in [3.05, 3.63) is 93.2 Å². The zero-order valence-electron chi connectivity index (χ0n) is 13.3. The van der Waals surface area contributed by atoms with Gasteiger partial charge in [0.1, 0.15) is 0 Å². The highest BCUT2D eigenvalue weighted by Gasteiger charge is 2.18. The number of nitro benzene ring substituents is 1. The number of benzene rings is 2. The van der Waals surface area contributed by atoms with Gasteiger partial charge >= 0.3 is 0 Å². The number of hydrogen-bond donors (Lipinski definition) is 0. The van der Waals surface area contributed by atoms with Crippen molar-refractivity contribution in [2.45, 2.75) is 17.9 Å². The van der Waals surface area contributed by atoms with Crippen LogP contribution < -0.4 is 0 Å². The van der Waals surface area contributed by atoms with Crippen LogP contribution in [0.15, 0.2) is 82.4 Å². The van der Waals surface area contributed by atoms with Crippen molar-refractivity contribution >= 4 is 17.4 Å². The van der Waals surface area contributed by atoms with E-state index in [4.69, 9.17) is 0 Å². The maximum absolute atomic E-state index is 11.2. The van der Waals surface area contributed by atoms with E-state index in [1.807, 2.05) is 47.6 Å². The zero-order valence-corrected chi connectivity index (χ0v) is 14.1. The van der Waals surface area contributed by atoms with E-state index in [2.05, 4.69) is 6.07 Å². The molecule has 0 N–H and O–H groups in total. The highest BCUT2D eigenvalue weighted by Crippen LogP contribution is 2.38. The van der Waals surface area contributed by atoms with Crippen molar-refractivity contribution in [1.29, 1.82) is 5.26 Å². The molecule has 1 aliphatic heterocycles. The summed E-state index contributed by atoms with van der Waals surface area (Å²) >= 11 is 1.34. The molecule has 1 heterocycles. The van der Waals surface area contributed by atoms with Gasteiger partial charge in [-0.25, -0.2) is 0 Å². The number of rotatable bonds is 5. The Morgan fingerprint density at radius 3 is 2.56 bits per heavy atom. The highest BCUT2D eigenvalue weighted by molar-refractivity contribution is 8.03. The molecule has 0 aliphatic carbocycles. The van der Waals surface area contributed by atoms with Gasteiger partial charge in [0.15, 0.2) is 0 Å². The topological polar surface area (TPSA) is 70.2 Å². The first-order valence-electron chi connectivity index (χ1n) is 7.68. The molecule has 0 bridgehead atoms. The maximum atomic E-state index is 11.2. The van der Waals surface area contributed by atoms with Crippen molar-refractivity contribution in [3.63, 3.8) is 0 Å². The first-order valence-corrected chi connectivity index (χ1v) is 8.50. The summed E-state index contributed by atoms with van der Waals surface area (Å²) in [7, 11) is 0. The SMILES string of the molecule is N#CC1=CN(Cc2ccccc2)C=C(Sc2ccccc2[N+](=O)[O-])C1. The maximum Gasteiger partial charge on any atom is 0.283 e. The number of hydrogen-bond acceptors (Lipinski definition) is 5. The number of nitrogens with zero attached hydrogens (tertiary/aromatic N) is 3. The molecule has 0 fully saturated rings. The van der Waals surface area contributed by atoms with Crippen LogP contribution in [0, 0.1) is 21.4 Å². The molecule has 6 heteroatoms. The average molecular weight is 349 g/mol. The van der Waals surface area contributed by atoms with E-state index in [1.165, 1.54) is 17.8 Å². The third kappa shape index (κ3) is 4.28. The molecule has 0 amide bonds. The molecule has 0 unspecified atom stereocenters. The third-order valence-electron chi connectivity index (χ3n) is 3.65. The molecule has 5 nitrogen and oxygen atoms in total. The van der Waals surface area contributed by atoms with Gasteiger partial charge in [-0.15, -0.1) is 0 Å². The molecule has 0 radical (unpaired) electrons. The first-order chi connectivity index (χ1) is 12.2. The van der Waals surface area contributed by atoms with Crippen LogP contribution in [0.1, 0.15) is 12.0 Å². The van der Waals surface area contributed by atoms with E-state index in [-0.39, 0.29) is 10.6 Å². The number of allylic oxidation sites excluding steroid dienone is 2. The van der Waals surface area contributed by atoms with Crippen LogP contribution in [-0.2, 0) is 6.54 Å². The lowest BCUT2D eigenvalue weighted by Gasteiger charge is -2.23. The Morgan fingerprint density at radius 2 is 1.84 bits per heavy atom. The van der Waals surface area contributed by atoms with Gasteiger partial charge in [-0.05, 0) is 11.6 Å². The predicted molar refractivity (Wildman–Crippen MR) is 97.3 cm³/mol. The quantitative estimate of drug-likeness (QED) is 0.570. The molecule has 0 atom stereocenters. The Bertz CT molecular complexity index is 885. The molecular weight excluding hydrogens is 334 g/mol. The van der Waals surface area contributed by atoms with E-state index in [9.17, 15) is 15.4 Å². The van der Waals surface area contributed by atoms with E-state index >= 15 is 0 Å². The second-order valence-corrected chi connectivity index (χ2v) is 6.69. The van der Waals surface area contributed by atoms with Crippen molar-refractivity contribution in [2.24, 2.45) is 0 Å². The zero-order chi connectivity index (χ0) is 17.6. The molecule has 2 aromatic rings. The van der Waals surface area contributed by atoms with Crippen LogP contribution in [0.2, 0.25) is 0 Å². The Hall–Kier alpha value is -3.04. The summed E-state index contributed by atoms with van der Waals surface area (Å²) in [6, 6.07) is 18.8. The van der Waals surface area contributed by atoms with Crippen LogP contribution in [0.4, 0.5) is 5.69 Å². The van der Waals surface area contributed by atoms with Crippen LogP contribution >= 0.6 is 11.8 Å². The molecule has 25 heavy (non-hydrogen) atoms.